The summed E-state index contributed by atoms with van der Waals surface area (Å²) in [5.41, 5.74) is 2.26. The van der Waals surface area contributed by atoms with Gasteiger partial charge in [0, 0.05) is 0 Å². The minimum atomic E-state index is -0.993. The standard InChI is InChI=1S/C15H16N2O4/c1-2-3-13-12(15(20)21)9-16-17(13)11-6-4-10(5-7-11)8-14(18)19/h4-7,9H,2-3,8H2,1H3,(H,18,19)(H,20,21). The summed E-state index contributed by atoms with van der Waals surface area (Å²) in [6.07, 6.45) is 2.72. The van der Waals surface area contributed by atoms with Gasteiger partial charge in [-0.1, -0.05) is 25.5 Å². The van der Waals surface area contributed by atoms with Gasteiger partial charge in [-0.2, -0.15) is 5.10 Å². The molecule has 0 radical (unpaired) electrons. The van der Waals surface area contributed by atoms with E-state index >= 15 is 0 Å². The van der Waals surface area contributed by atoms with Crippen LogP contribution in [0.4, 0.5) is 0 Å². The van der Waals surface area contributed by atoms with E-state index in [-0.39, 0.29) is 12.0 Å². The van der Waals surface area contributed by atoms with Crippen LogP contribution in [0.25, 0.3) is 5.69 Å². The Kier molecular flexibility index (Phi) is 4.37. The molecule has 6 heteroatoms. The average molecular weight is 288 g/mol. The molecular weight excluding hydrogens is 272 g/mol. The molecule has 0 spiro atoms. The molecule has 1 aromatic heterocycles. The number of aliphatic carboxylic acids is 1. The third-order valence-corrected chi connectivity index (χ3v) is 3.12. The lowest BCUT2D eigenvalue weighted by Gasteiger charge is -2.08. The van der Waals surface area contributed by atoms with Crippen molar-refractivity contribution < 1.29 is 19.8 Å². The highest BCUT2D eigenvalue weighted by atomic mass is 16.4. The van der Waals surface area contributed by atoms with Crippen LogP contribution in [0.3, 0.4) is 0 Å². The number of carboxylic acids is 2. The molecule has 0 atom stereocenters. The monoisotopic (exact) mass is 288 g/mol. The van der Waals surface area contributed by atoms with Crippen LogP contribution < -0.4 is 0 Å². The molecule has 0 saturated heterocycles. The second-order valence-electron chi connectivity index (χ2n) is 4.71. The van der Waals surface area contributed by atoms with Gasteiger partial charge in [-0.05, 0) is 24.1 Å². The van der Waals surface area contributed by atoms with Gasteiger partial charge in [-0.25, -0.2) is 9.48 Å². The first-order chi connectivity index (χ1) is 10.0. The van der Waals surface area contributed by atoms with Crippen molar-refractivity contribution in [2.75, 3.05) is 0 Å². The Balaban J connectivity index is 2.37. The molecule has 0 aliphatic rings. The van der Waals surface area contributed by atoms with Crippen LogP contribution in [0.15, 0.2) is 30.5 Å². The first-order valence-corrected chi connectivity index (χ1v) is 6.64. The minimum Gasteiger partial charge on any atom is -0.481 e. The van der Waals surface area contributed by atoms with Crippen molar-refractivity contribution in [3.63, 3.8) is 0 Å². The summed E-state index contributed by atoms with van der Waals surface area (Å²) < 4.78 is 1.59. The first kappa shape index (κ1) is 14.8. The highest BCUT2D eigenvalue weighted by molar-refractivity contribution is 5.88. The molecule has 0 aliphatic carbocycles. The summed E-state index contributed by atoms with van der Waals surface area (Å²) in [6, 6.07) is 6.91. The summed E-state index contributed by atoms with van der Waals surface area (Å²) in [5.74, 6) is -1.88. The van der Waals surface area contributed by atoms with Crippen LogP contribution in [0, 0.1) is 0 Å². The van der Waals surface area contributed by atoms with Gasteiger partial charge in [0.05, 0.1) is 24.0 Å². The summed E-state index contributed by atoms with van der Waals surface area (Å²) in [5, 5.41) is 22.1. The smallest absolute Gasteiger partial charge is 0.339 e. The van der Waals surface area contributed by atoms with Crippen molar-refractivity contribution in [3.8, 4) is 5.69 Å². The molecule has 110 valence electrons. The SMILES string of the molecule is CCCc1c(C(=O)O)cnn1-c1ccc(CC(=O)O)cc1. The molecule has 0 amide bonds. The molecule has 21 heavy (non-hydrogen) atoms. The molecule has 0 saturated carbocycles. The number of hydrogen-bond donors (Lipinski definition) is 2. The quantitative estimate of drug-likeness (QED) is 0.849. The fourth-order valence-corrected chi connectivity index (χ4v) is 2.18. The predicted octanol–water partition coefficient (Wildman–Crippen LogP) is 2.15. The molecule has 0 unspecified atom stereocenters. The van der Waals surface area contributed by atoms with Gasteiger partial charge in [-0.3, -0.25) is 4.79 Å². The molecule has 2 N–H and O–H groups in total. The van der Waals surface area contributed by atoms with Crippen molar-refractivity contribution in [2.24, 2.45) is 0 Å². The van der Waals surface area contributed by atoms with E-state index in [4.69, 9.17) is 5.11 Å². The van der Waals surface area contributed by atoms with E-state index in [0.29, 0.717) is 17.7 Å². The second-order valence-corrected chi connectivity index (χ2v) is 4.71. The number of hydrogen-bond acceptors (Lipinski definition) is 3. The van der Waals surface area contributed by atoms with E-state index in [0.717, 1.165) is 12.1 Å². The maximum atomic E-state index is 11.2. The van der Waals surface area contributed by atoms with Gasteiger partial charge in [-0.15, -0.1) is 0 Å². The number of aromatic carboxylic acids is 1. The van der Waals surface area contributed by atoms with E-state index in [1.165, 1.54) is 6.20 Å². The predicted molar refractivity (Wildman–Crippen MR) is 75.9 cm³/mol. The second kappa shape index (κ2) is 6.21. The fraction of sp³-hybridized carbons (Fsp3) is 0.267. The van der Waals surface area contributed by atoms with Gasteiger partial charge >= 0.3 is 11.9 Å². The van der Waals surface area contributed by atoms with E-state index in [1.54, 1.807) is 28.9 Å². The highest BCUT2D eigenvalue weighted by Gasteiger charge is 2.16. The van der Waals surface area contributed by atoms with Gasteiger partial charge < -0.3 is 10.2 Å². The van der Waals surface area contributed by atoms with Gasteiger partial charge in [0.1, 0.15) is 5.56 Å². The van der Waals surface area contributed by atoms with E-state index in [9.17, 15) is 14.7 Å². The maximum absolute atomic E-state index is 11.2. The zero-order chi connectivity index (χ0) is 15.4. The lowest BCUT2D eigenvalue weighted by molar-refractivity contribution is -0.136. The maximum Gasteiger partial charge on any atom is 0.339 e. The molecule has 2 rings (SSSR count). The molecule has 1 aromatic carbocycles. The van der Waals surface area contributed by atoms with E-state index < -0.39 is 11.9 Å². The number of carbonyl (C=O) groups is 2. The number of nitrogens with zero attached hydrogens (tertiary/aromatic N) is 2. The van der Waals surface area contributed by atoms with Crippen molar-refractivity contribution in [1.29, 1.82) is 0 Å². The van der Waals surface area contributed by atoms with Crippen LogP contribution in [0.2, 0.25) is 0 Å². The van der Waals surface area contributed by atoms with Gasteiger partial charge in [0.15, 0.2) is 0 Å². The minimum absolute atomic E-state index is 0.0401. The zero-order valence-electron chi connectivity index (χ0n) is 11.6. The van der Waals surface area contributed by atoms with Crippen molar-refractivity contribution in [1.82, 2.24) is 9.78 Å². The third kappa shape index (κ3) is 3.28. The Morgan fingerprint density at radius 2 is 1.86 bits per heavy atom. The Hall–Kier alpha value is -2.63. The number of carboxylic acid groups (broad SMARTS) is 2. The molecule has 1 heterocycles. The van der Waals surface area contributed by atoms with Crippen LogP contribution in [0.5, 0.6) is 0 Å². The molecule has 6 nitrogen and oxygen atoms in total. The zero-order valence-corrected chi connectivity index (χ0v) is 11.6. The van der Waals surface area contributed by atoms with Crippen LogP contribution >= 0.6 is 0 Å². The number of rotatable bonds is 6. The Bertz CT molecular complexity index is 659. The Morgan fingerprint density at radius 1 is 1.19 bits per heavy atom. The van der Waals surface area contributed by atoms with Gasteiger partial charge in [0.2, 0.25) is 0 Å². The fourth-order valence-electron chi connectivity index (χ4n) is 2.18. The van der Waals surface area contributed by atoms with Crippen molar-refractivity contribution in [3.05, 3.63) is 47.3 Å². The Morgan fingerprint density at radius 3 is 2.38 bits per heavy atom. The molecule has 2 aromatic rings. The summed E-state index contributed by atoms with van der Waals surface area (Å²) in [6.45, 7) is 1.97. The lowest BCUT2D eigenvalue weighted by atomic mass is 10.1. The largest absolute Gasteiger partial charge is 0.481 e. The number of benzene rings is 1. The van der Waals surface area contributed by atoms with Crippen LogP contribution in [0.1, 0.15) is 35.0 Å². The molecule has 0 aliphatic heterocycles. The summed E-state index contributed by atoms with van der Waals surface area (Å²) >= 11 is 0. The van der Waals surface area contributed by atoms with Crippen molar-refractivity contribution in [2.45, 2.75) is 26.2 Å². The van der Waals surface area contributed by atoms with Gasteiger partial charge in [0.25, 0.3) is 0 Å². The normalized spacial score (nSPS) is 10.5. The Labute approximate surface area is 121 Å². The lowest BCUT2D eigenvalue weighted by Crippen LogP contribution is -2.07. The highest BCUT2D eigenvalue weighted by Crippen LogP contribution is 2.17. The first-order valence-electron chi connectivity index (χ1n) is 6.64. The van der Waals surface area contributed by atoms with Crippen LogP contribution in [-0.2, 0) is 17.6 Å². The molecule has 0 bridgehead atoms. The number of aromatic nitrogens is 2. The third-order valence-electron chi connectivity index (χ3n) is 3.12. The van der Waals surface area contributed by atoms with Crippen molar-refractivity contribution >= 4 is 11.9 Å². The van der Waals surface area contributed by atoms with Crippen LogP contribution in [-0.4, -0.2) is 31.9 Å². The topological polar surface area (TPSA) is 92.4 Å². The molecule has 0 fully saturated rings. The average Bonchev–Trinajstić information content (AvgIpc) is 2.83. The summed E-state index contributed by atoms with van der Waals surface area (Å²) in [7, 11) is 0. The molecular formula is C15H16N2O4. The summed E-state index contributed by atoms with van der Waals surface area (Å²) in [4.78, 5) is 21.9. The van der Waals surface area contributed by atoms with E-state index in [1.807, 2.05) is 6.92 Å². The van der Waals surface area contributed by atoms with E-state index in [2.05, 4.69) is 5.10 Å².